The number of thiazole rings is 1. The number of hydrogen-bond acceptors (Lipinski definition) is 11. The number of piperazine rings is 1. The molecule has 1 fully saturated rings. The second kappa shape index (κ2) is 9.55. The number of nitrogens with two attached hydrogens (primary N) is 1. The van der Waals surface area contributed by atoms with Crippen LogP contribution >= 0.6 is 11.3 Å². The van der Waals surface area contributed by atoms with Crippen molar-refractivity contribution in [1.29, 1.82) is 0 Å². The van der Waals surface area contributed by atoms with Crippen molar-refractivity contribution in [3.8, 4) is 22.8 Å². The van der Waals surface area contributed by atoms with Crippen LogP contribution in [-0.4, -0.2) is 76.7 Å². The molecule has 2 aliphatic rings. The van der Waals surface area contributed by atoms with Crippen LogP contribution < -0.4 is 25.4 Å². The normalized spacial score (nSPS) is 15.7. The van der Waals surface area contributed by atoms with Gasteiger partial charge in [-0.3, -0.25) is 9.69 Å². The molecule has 2 aliphatic heterocycles. The molecule has 1 amide bonds. The number of carbonyl (C=O) groups is 1. The number of amides is 1. The van der Waals surface area contributed by atoms with E-state index in [2.05, 4.69) is 30.1 Å². The number of ether oxygens (including phenoxy) is 2. The van der Waals surface area contributed by atoms with Crippen molar-refractivity contribution in [3.05, 3.63) is 41.9 Å². The quantitative estimate of drug-likeness (QED) is 0.417. The van der Waals surface area contributed by atoms with Gasteiger partial charge in [0.15, 0.2) is 22.4 Å². The average molecular weight is 505 g/mol. The summed E-state index contributed by atoms with van der Waals surface area (Å²) in [5.41, 5.74) is 9.11. The SMILES string of the molecule is Nc1nc(N2CCN(CC(=O)Nc3nccs3)CC2)c2nc(-c3ccc4c(c3)OCCO4)ccc2n1. The lowest BCUT2D eigenvalue weighted by atomic mass is 10.1. The minimum atomic E-state index is -0.0686. The summed E-state index contributed by atoms with van der Waals surface area (Å²) in [6.45, 7) is 4.17. The fourth-order valence-corrected chi connectivity index (χ4v) is 4.91. The van der Waals surface area contributed by atoms with Gasteiger partial charge < -0.3 is 25.4 Å². The van der Waals surface area contributed by atoms with E-state index in [4.69, 9.17) is 20.2 Å². The largest absolute Gasteiger partial charge is 0.486 e. The van der Waals surface area contributed by atoms with E-state index in [0.717, 1.165) is 17.0 Å². The van der Waals surface area contributed by atoms with E-state index < -0.39 is 0 Å². The molecule has 0 saturated carbocycles. The van der Waals surface area contributed by atoms with Gasteiger partial charge in [-0.1, -0.05) is 0 Å². The first-order chi connectivity index (χ1) is 17.6. The Morgan fingerprint density at radius 1 is 1.03 bits per heavy atom. The second-order valence-corrected chi connectivity index (χ2v) is 9.37. The third-order valence-electron chi connectivity index (χ3n) is 6.10. The molecule has 1 saturated heterocycles. The molecular formula is C24H24N8O3S. The number of fused-ring (bicyclic) bond motifs is 2. The molecule has 184 valence electrons. The Bertz CT molecular complexity index is 1410. The second-order valence-electron chi connectivity index (χ2n) is 8.48. The van der Waals surface area contributed by atoms with Crippen LogP contribution in [0.3, 0.4) is 0 Å². The molecule has 0 spiro atoms. The van der Waals surface area contributed by atoms with Crippen molar-refractivity contribution >= 4 is 45.2 Å². The van der Waals surface area contributed by atoms with E-state index in [1.807, 2.05) is 35.7 Å². The predicted molar refractivity (Wildman–Crippen MR) is 138 cm³/mol. The molecule has 5 heterocycles. The monoisotopic (exact) mass is 504 g/mol. The van der Waals surface area contributed by atoms with E-state index in [-0.39, 0.29) is 11.9 Å². The number of benzene rings is 1. The van der Waals surface area contributed by atoms with Crippen molar-refractivity contribution in [3.63, 3.8) is 0 Å². The number of hydrogen-bond donors (Lipinski definition) is 2. The molecule has 36 heavy (non-hydrogen) atoms. The van der Waals surface area contributed by atoms with Gasteiger partial charge in [-0.25, -0.2) is 15.0 Å². The number of anilines is 3. The summed E-state index contributed by atoms with van der Waals surface area (Å²) in [4.78, 5) is 34.6. The molecule has 11 nitrogen and oxygen atoms in total. The van der Waals surface area contributed by atoms with E-state index in [1.54, 1.807) is 6.20 Å². The Morgan fingerprint density at radius 3 is 2.67 bits per heavy atom. The highest BCUT2D eigenvalue weighted by atomic mass is 32.1. The first-order valence-corrected chi connectivity index (χ1v) is 12.5. The van der Waals surface area contributed by atoms with Gasteiger partial charge >= 0.3 is 0 Å². The molecule has 1 aromatic carbocycles. The zero-order chi connectivity index (χ0) is 24.5. The molecule has 0 radical (unpaired) electrons. The summed E-state index contributed by atoms with van der Waals surface area (Å²) in [5, 5.41) is 5.28. The Kier molecular flexibility index (Phi) is 5.95. The fraction of sp³-hybridized carbons (Fsp3) is 0.292. The first-order valence-electron chi connectivity index (χ1n) is 11.6. The number of pyridine rings is 1. The van der Waals surface area contributed by atoms with Crippen LogP contribution in [0.1, 0.15) is 0 Å². The molecule has 4 aromatic rings. The van der Waals surface area contributed by atoms with E-state index >= 15 is 0 Å². The molecule has 6 rings (SSSR count). The van der Waals surface area contributed by atoms with Crippen LogP contribution in [0, 0.1) is 0 Å². The minimum Gasteiger partial charge on any atom is -0.486 e. The minimum absolute atomic E-state index is 0.0686. The van der Waals surface area contributed by atoms with Crippen molar-refractivity contribution < 1.29 is 14.3 Å². The summed E-state index contributed by atoms with van der Waals surface area (Å²) >= 11 is 1.40. The molecule has 0 aliphatic carbocycles. The number of nitrogens with one attached hydrogen (secondary N) is 1. The Morgan fingerprint density at radius 2 is 1.86 bits per heavy atom. The van der Waals surface area contributed by atoms with Crippen LogP contribution in [-0.2, 0) is 4.79 Å². The highest BCUT2D eigenvalue weighted by molar-refractivity contribution is 7.13. The van der Waals surface area contributed by atoms with E-state index in [9.17, 15) is 4.79 Å². The molecular weight excluding hydrogens is 480 g/mol. The summed E-state index contributed by atoms with van der Waals surface area (Å²) in [6, 6.07) is 9.64. The maximum Gasteiger partial charge on any atom is 0.240 e. The van der Waals surface area contributed by atoms with Crippen molar-refractivity contribution in [1.82, 2.24) is 24.8 Å². The summed E-state index contributed by atoms with van der Waals surface area (Å²) in [5.74, 6) is 2.28. The molecule has 3 aromatic heterocycles. The standard InChI is InChI=1S/C24H24N8O3S/c25-23-28-17-3-2-16(15-1-4-18-19(13-15)35-11-10-34-18)27-21(17)22(30-23)32-8-6-31(7-9-32)14-20(33)29-24-26-5-12-36-24/h1-5,12-13H,6-11,14H2,(H2,25,28,30)(H,26,29,33). The zero-order valence-electron chi connectivity index (χ0n) is 19.4. The van der Waals surface area contributed by atoms with Crippen LogP contribution in [0.2, 0.25) is 0 Å². The lowest BCUT2D eigenvalue weighted by molar-refractivity contribution is -0.117. The van der Waals surface area contributed by atoms with Gasteiger partial charge in [-0.05, 0) is 30.3 Å². The van der Waals surface area contributed by atoms with Gasteiger partial charge in [0, 0.05) is 43.3 Å². The van der Waals surface area contributed by atoms with Crippen LogP contribution in [0.4, 0.5) is 16.9 Å². The summed E-state index contributed by atoms with van der Waals surface area (Å²) < 4.78 is 11.4. The zero-order valence-corrected chi connectivity index (χ0v) is 20.2. The van der Waals surface area contributed by atoms with E-state index in [1.165, 1.54) is 11.3 Å². The molecule has 0 bridgehead atoms. The third-order valence-corrected chi connectivity index (χ3v) is 6.79. The van der Waals surface area contributed by atoms with Crippen molar-refractivity contribution in [2.45, 2.75) is 0 Å². The number of rotatable bonds is 5. The lowest BCUT2D eigenvalue weighted by Crippen LogP contribution is -2.49. The van der Waals surface area contributed by atoms with Gasteiger partial charge in [-0.15, -0.1) is 11.3 Å². The topological polar surface area (TPSA) is 132 Å². The predicted octanol–water partition coefficient (Wildman–Crippen LogP) is 2.26. The van der Waals surface area contributed by atoms with Crippen LogP contribution in [0.5, 0.6) is 11.5 Å². The maximum absolute atomic E-state index is 12.3. The van der Waals surface area contributed by atoms with Gasteiger partial charge in [0.05, 0.1) is 17.8 Å². The summed E-state index contributed by atoms with van der Waals surface area (Å²) in [6.07, 6.45) is 1.67. The lowest BCUT2D eigenvalue weighted by Gasteiger charge is -2.35. The van der Waals surface area contributed by atoms with Gasteiger partial charge in [-0.2, -0.15) is 4.98 Å². The smallest absolute Gasteiger partial charge is 0.240 e. The molecule has 0 atom stereocenters. The molecule has 0 unspecified atom stereocenters. The highest BCUT2D eigenvalue weighted by Crippen LogP contribution is 2.35. The van der Waals surface area contributed by atoms with Crippen molar-refractivity contribution in [2.75, 3.05) is 61.9 Å². The number of carbonyl (C=O) groups excluding carboxylic acids is 1. The summed E-state index contributed by atoms with van der Waals surface area (Å²) in [7, 11) is 0. The Hall–Kier alpha value is -4.03. The Balaban J connectivity index is 1.21. The van der Waals surface area contributed by atoms with Gasteiger partial charge in [0.25, 0.3) is 0 Å². The van der Waals surface area contributed by atoms with Gasteiger partial charge in [0.1, 0.15) is 18.7 Å². The number of nitrogen functional groups attached to an aromatic ring is 1. The van der Waals surface area contributed by atoms with Crippen LogP contribution in [0.25, 0.3) is 22.3 Å². The maximum atomic E-state index is 12.3. The van der Waals surface area contributed by atoms with E-state index in [0.29, 0.717) is 73.7 Å². The molecule has 12 heteroatoms. The van der Waals surface area contributed by atoms with Gasteiger partial charge in [0.2, 0.25) is 11.9 Å². The average Bonchev–Trinajstić information content (AvgIpc) is 3.41. The molecule has 3 N–H and O–H groups in total. The number of aromatic nitrogens is 4. The van der Waals surface area contributed by atoms with Crippen molar-refractivity contribution in [2.24, 2.45) is 0 Å². The fourth-order valence-electron chi connectivity index (χ4n) is 4.37. The van der Waals surface area contributed by atoms with Crippen LogP contribution in [0.15, 0.2) is 41.9 Å². The highest BCUT2D eigenvalue weighted by Gasteiger charge is 2.23. The Labute approximate surface area is 210 Å². The number of nitrogens with zero attached hydrogens (tertiary/aromatic N) is 6. The first kappa shape index (κ1) is 22.4. The third kappa shape index (κ3) is 4.60.